The predicted octanol–water partition coefficient (Wildman–Crippen LogP) is 7.30. The lowest BCUT2D eigenvalue weighted by Gasteiger charge is -2.50. The maximum Gasteiger partial charge on any atom is 0.221 e. The van der Waals surface area contributed by atoms with E-state index in [1.54, 1.807) is 0 Å². The van der Waals surface area contributed by atoms with Gasteiger partial charge in [0.15, 0.2) is 0 Å². The summed E-state index contributed by atoms with van der Waals surface area (Å²) in [5.74, 6) is -1.39. The molecule has 1 amide bonds. The van der Waals surface area contributed by atoms with Gasteiger partial charge in [0.1, 0.15) is 11.6 Å². The second-order valence-corrected chi connectivity index (χ2v) is 11.1. The molecule has 0 unspecified atom stereocenters. The van der Waals surface area contributed by atoms with Crippen LogP contribution in [0, 0.1) is 11.6 Å². The van der Waals surface area contributed by atoms with E-state index < -0.39 is 11.6 Å². The summed E-state index contributed by atoms with van der Waals surface area (Å²) in [6.45, 7) is 2.15. The van der Waals surface area contributed by atoms with Crippen LogP contribution in [0.2, 0.25) is 10.0 Å². The van der Waals surface area contributed by atoms with Crippen molar-refractivity contribution in [3.8, 4) is 0 Å². The zero-order chi connectivity index (χ0) is 28.8. The Bertz CT molecular complexity index is 1380. The van der Waals surface area contributed by atoms with Crippen molar-refractivity contribution in [2.24, 2.45) is 0 Å². The summed E-state index contributed by atoms with van der Waals surface area (Å²) in [5.41, 5.74) is 3.74. The number of hydrogen-bond donors (Lipinski definition) is 1. The van der Waals surface area contributed by atoms with Gasteiger partial charge < -0.3 is 10.2 Å². The van der Waals surface area contributed by atoms with E-state index in [1.165, 1.54) is 12.1 Å². The summed E-state index contributed by atoms with van der Waals surface area (Å²) in [4.78, 5) is 17.0. The third kappa shape index (κ3) is 7.64. The summed E-state index contributed by atoms with van der Waals surface area (Å²) in [6, 6.07) is 28.9. The van der Waals surface area contributed by atoms with E-state index in [9.17, 15) is 13.6 Å². The minimum Gasteiger partial charge on any atom is -0.365 e. The lowest BCUT2D eigenvalue weighted by molar-refractivity contribution is -0.120. The minimum atomic E-state index is -0.645. The first kappa shape index (κ1) is 29.1. The van der Waals surface area contributed by atoms with Crippen LogP contribution in [0.15, 0.2) is 97.1 Å². The van der Waals surface area contributed by atoms with Crippen molar-refractivity contribution in [1.29, 1.82) is 0 Å². The van der Waals surface area contributed by atoms with Crippen LogP contribution in [-0.4, -0.2) is 43.0 Å². The number of amides is 1. The molecule has 0 saturated carbocycles. The van der Waals surface area contributed by atoms with Gasteiger partial charge in [-0.15, -0.1) is 0 Å². The average Bonchev–Trinajstić information content (AvgIpc) is 2.93. The molecule has 4 nitrogen and oxygen atoms in total. The summed E-state index contributed by atoms with van der Waals surface area (Å²) in [7, 11) is 0. The Labute approximate surface area is 249 Å². The van der Waals surface area contributed by atoms with Crippen LogP contribution in [0.1, 0.15) is 29.2 Å². The first-order valence-electron chi connectivity index (χ1n) is 13.6. The Hall–Kier alpha value is -3.45. The van der Waals surface area contributed by atoms with Gasteiger partial charge in [-0.1, -0.05) is 77.8 Å². The minimum absolute atomic E-state index is 0.0320. The molecular formula is C33H31Cl2F2N3O. The third-order valence-corrected chi connectivity index (χ3v) is 7.91. The summed E-state index contributed by atoms with van der Waals surface area (Å²) in [5, 5.41) is 4.29. The average molecular weight is 595 g/mol. The molecule has 1 aliphatic rings. The standard InChI is InChI=1S/C33H31Cl2F2N3O/c34-26-10-6-24(7-11-26)33(25-8-12-27(35)13-9-25)39-21-31(22-39)40(30-19-28(36)18-29(37)20-30)17-15-32(41)38-16-14-23-4-2-1-3-5-23/h1-13,18-20,31,33H,14-17,21-22H2,(H,38,41). The SMILES string of the molecule is O=C(CCN(c1cc(F)cc(F)c1)C1CN(C(c2ccc(Cl)cc2)c2ccc(Cl)cc2)C1)NCCc1ccccc1. The molecule has 0 aliphatic carbocycles. The molecule has 4 aromatic carbocycles. The van der Waals surface area contributed by atoms with Gasteiger partial charge in [-0.05, 0) is 59.5 Å². The molecule has 1 aliphatic heterocycles. The normalized spacial score (nSPS) is 13.7. The molecule has 1 saturated heterocycles. The molecule has 4 aromatic rings. The van der Waals surface area contributed by atoms with Crippen molar-refractivity contribution in [2.45, 2.75) is 24.9 Å². The van der Waals surface area contributed by atoms with Crippen molar-refractivity contribution in [3.63, 3.8) is 0 Å². The molecule has 8 heteroatoms. The Kier molecular flexibility index (Phi) is 9.55. The number of likely N-dealkylation sites (tertiary alicyclic amines) is 1. The predicted molar refractivity (Wildman–Crippen MR) is 162 cm³/mol. The molecule has 1 heterocycles. The van der Waals surface area contributed by atoms with Crippen molar-refractivity contribution in [1.82, 2.24) is 10.2 Å². The fourth-order valence-corrected chi connectivity index (χ4v) is 5.58. The Morgan fingerprint density at radius 1 is 0.854 bits per heavy atom. The van der Waals surface area contributed by atoms with Crippen LogP contribution in [0.5, 0.6) is 0 Å². The quantitative estimate of drug-likeness (QED) is 0.198. The zero-order valence-electron chi connectivity index (χ0n) is 22.4. The summed E-state index contributed by atoms with van der Waals surface area (Å²) in [6.07, 6.45) is 0.945. The van der Waals surface area contributed by atoms with Crippen molar-refractivity contribution in [2.75, 3.05) is 31.1 Å². The van der Waals surface area contributed by atoms with E-state index >= 15 is 0 Å². The first-order chi connectivity index (χ1) is 19.9. The Balaban J connectivity index is 1.29. The second kappa shape index (κ2) is 13.5. The molecule has 212 valence electrons. The van der Waals surface area contributed by atoms with E-state index in [1.807, 2.05) is 83.8 Å². The van der Waals surface area contributed by atoms with Crippen molar-refractivity contribution >= 4 is 34.8 Å². The molecule has 5 rings (SSSR count). The summed E-state index contributed by atoms with van der Waals surface area (Å²) >= 11 is 12.3. The van der Waals surface area contributed by atoms with Gasteiger partial charge in [0.25, 0.3) is 0 Å². The fourth-order valence-electron chi connectivity index (χ4n) is 5.33. The van der Waals surface area contributed by atoms with E-state index in [-0.39, 0.29) is 24.4 Å². The zero-order valence-corrected chi connectivity index (χ0v) is 24.0. The van der Waals surface area contributed by atoms with Crippen LogP contribution in [0.25, 0.3) is 0 Å². The smallest absolute Gasteiger partial charge is 0.221 e. The van der Waals surface area contributed by atoms with Gasteiger partial charge >= 0.3 is 0 Å². The maximum absolute atomic E-state index is 14.2. The van der Waals surface area contributed by atoms with Crippen LogP contribution >= 0.6 is 23.2 Å². The molecule has 0 radical (unpaired) electrons. The highest BCUT2D eigenvalue weighted by Gasteiger charge is 2.37. The van der Waals surface area contributed by atoms with Crippen LogP contribution < -0.4 is 10.2 Å². The molecule has 0 spiro atoms. The number of carbonyl (C=O) groups is 1. The molecule has 1 fully saturated rings. The number of halogens is 4. The van der Waals surface area contributed by atoms with E-state index in [0.717, 1.165) is 29.2 Å². The fraction of sp³-hybridized carbons (Fsp3) is 0.242. The van der Waals surface area contributed by atoms with Crippen molar-refractivity contribution < 1.29 is 13.6 Å². The van der Waals surface area contributed by atoms with Gasteiger partial charge in [-0.2, -0.15) is 0 Å². The maximum atomic E-state index is 14.2. The van der Waals surface area contributed by atoms with Gasteiger partial charge in [-0.25, -0.2) is 8.78 Å². The number of nitrogens with one attached hydrogen (secondary N) is 1. The van der Waals surface area contributed by atoms with E-state index in [2.05, 4.69) is 10.2 Å². The van der Waals surface area contributed by atoms with E-state index in [0.29, 0.717) is 41.9 Å². The van der Waals surface area contributed by atoms with Gasteiger partial charge in [0.2, 0.25) is 5.91 Å². The molecular weight excluding hydrogens is 563 g/mol. The lowest BCUT2D eigenvalue weighted by Crippen LogP contribution is -2.61. The highest BCUT2D eigenvalue weighted by atomic mass is 35.5. The molecule has 1 N–H and O–H groups in total. The number of nitrogens with zero attached hydrogens (tertiary/aromatic N) is 2. The number of anilines is 1. The monoisotopic (exact) mass is 593 g/mol. The molecule has 41 heavy (non-hydrogen) atoms. The van der Waals surface area contributed by atoms with Gasteiger partial charge in [0.05, 0.1) is 12.1 Å². The Morgan fingerprint density at radius 3 is 1.98 bits per heavy atom. The topological polar surface area (TPSA) is 35.6 Å². The lowest BCUT2D eigenvalue weighted by atomic mass is 9.92. The Morgan fingerprint density at radius 2 is 1.41 bits per heavy atom. The van der Waals surface area contributed by atoms with Crippen molar-refractivity contribution in [3.05, 3.63) is 135 Å². The van der Waals surface area contributed by atoms with Crippen LogP contribution in [0.3, 0.4) is 0 Å². The van der Waals surface area contributed by atoms with Gasteiger partial charge in [0, 0.05) is 54.4 Å². The number of rotatable bonds is 11. The van der Waals surface area contributed by atoms with Gasteiger partial charge in [-0.3, -0.25) is 9.69 Å². The number of hydrogen-bond acceptors (Lipinski definition) is 3. The highest BCUT2D eigenvalue weighted by Crippen LogP contribution is 2.36. The third-order valence-electron chi connectivity index (χ3n) is 7.41. The van der Waals surface area contributed by atoms with Crippen LogP contribution in [-0.2, 0) is 11.2 Å². The number of carbonyl (C=O) groups excluding carboxylic acids is 1. The van der Waals surface area contributed by atoms with Crippen LogP contribution in [0.4, 0.5) is 14.5 Å². The largest absolute Gasteiger partial charge is 0.365 e. The molecule has 0 bridgehead atoms. The molecule has 0 atom stereocenters. The number of benzene rings is 4. The highest BCUT2D eigenvalue weighted by molar-refractivity contribution is 6.30. The summed E-state index contributed by atoms with van der Waals surface area (Å²) < 4.78 is 28.5. The first-order valence-corrected chi connectivity index (χ1v) is 14.4. The van der Waals surface area contributed by atoms with E-state index in [4.69, 9.17) is 23.2 Å². The second-order valence-electron chi connectivity index (χ2n) is 10.3. The molecule has 0 aromatic heterocycles.